The zero-order valence-electron chi connectivity index (χ0n) is 5.00. The first-order chi connectivity index (χ1) is 4.61. The molecule has 54 valence electrons. The van der Waals surface area contributed by atoms with Crippen molar-refractivity contribution in [1.29, 1.82) is 0 Å². The van der Waals surface area contributed by atoms with Crippen molar-refractivity contribution in [2.75, 3.05) is 0 Å². The van der Waals surface area contributed by atoms with E-state index in [0.29, 0.717) is 0 Å². The Morgan fingerprint density at radius 1 is 1.10 bits per heavy atom. The van der Waals surface area contributed by atoms with Crippen molar-refractivity contribution in [3.8, 4) is 0 Å². The van der Waals surface area contributed by atoms with E-state index in [4.69, 9.17) is 22.5 Å². The van der Waals surface area contributed by atoms with Crippen LogP contribution in [-0.4, -0.2) is 15.1 Å². The summed E-state index contributed by atoms with van der Waals surface area (Å²) in [4.78, 5) is 0. The fraction of sp³-hybridized carbons (Fsp3) is 0. The average Bonchev–Trinajstić information content (AvgIpc) is 1.88. The predicted octanol–water partition coefficient (Wildman–Crippen LogP) is 2.72. The molecule has 0 aliphatic rings. The van der Waals surface area contributed by atoms with Crippen LogP contribution in [0, 0.1) is 0 Å². The van der Waals surface area contributed by atoms with Crippen LogP contribution in [0.15, 0.2) is 30.3 Å². The van der Waals surface area contributed by atoms with Gasteiger partial charge in [-0.15, -0.1) is 0 Å². The third-order valence-corrected chi connectivity index (χ3v) is 4.45. The normalized spacial score (nSPS) is 11.4. The number of hydrogen-bond donors (Lipinski definition) is 0. The summed E-state index contributed by atoms with van der Waals surface area (Å²) in [5, 5.41) is 0.985. The molecule has 1 aromatic carbocycles. The van der Waals surface area contributed by atoms with E-state index >= 15 is 0 Å². The fourth-order valence-electron chi connectivity index (χ4n) is 0.602. The van der Waals surface area contributed by atoms with Crippen molar-refractivity contribution in [2.24, 2.45) is 0 Å². The number of rotatable bonds is 1. The summed E-state index contributed by atoms with van der Waals surface area (Å²) in [6, 6.07) is 9.62. The Kier molecular flexibility index (Phi) is 3.03. The van der Waals surface area contributed by atoms with Gasteiger partial charge in [0.15, 0.2) is 0 Å². The standard InChI is InChI=1S/C6H5Cl2PSe/c7-9(8,10)6-4-2-1-3-5-6/h1-5H. The molecule has 0 unspecified atom stereocenters. The van der Waals surface area contributed by atoms with Crippen LogP contribution in [0.25, 0.3) is 0 Å². The van der Waals surface area contributed by atoms with Gasteiger partial charge in [0, 0.05) is 0 Å². The topological polar surface area (TPSA) is 0 Å². The quantitative estimate of drug-likeness (QED) is 0.536. The first-order valence-corrected chi connectivity index (χ1v) is 8.47. The van der Waals surface area contributed by atoms with Crippen molar-refractivity contribution in [3.63, 3.8) is 0 Å². The zero-order chi connectivity index (χ0) is 7.61. The van der Waals surface area contributed by atoms with Crippen molar-refractivity contribution in [2.45, 2.75) is 0 Å². The van der Waals surface area contributed by atoms with E-state index in [9.17, 15) is 0 Å². The molecular weight excluding hydrogens is 253 g/mol. The molecule has 0 heterocycles. The predicted molar refractivity (Wildman–Crippen MR) is 50.5 cm³/mol. The van der Waals surface area contributed by atoms with E-state index in [-0.39, 0.29) is 0 Å². The van der Waals surface area contributed by atoms with E-state index in [1.165, 1.54) is 0 Å². The van der Waals surface area contributed by atoms with Gasteiger partial charge < -0.3 is 0 Å². The number of hydrogen-bond acceptors (Lipinski definition) is 0. The van der Waals surface area contributed by atoms with Gasteiger partial charge in [0.05, 0.1) is 0 Å². The van der Waals surface area contributed by atoms with Gasteiger partial charge in [0.2, 0.25) is 0 Å². The molecular formula is C6H5Cl2PSe. The van der Waals surface area contributed by atoms with E-state index in [2.05, 4.69) is 15.1 Å². The Morgan fingerprint density at radius 2 is 1.60 bits per heavy atom. The zero-order valence-corrected chi connectivity index (χ0v) is 9.12. The monoisotopic (exact) mass is 258 g/mol. The molecule has 10 heavy (non-hydrogen) atoms. The minimum atomic E-state index is -1.95. The summed E-state index contributed by atoms with van der Waals surface area (Å²) in [5.41, 5.74) is 0. The average molecular weight is 258 g/mol. The second-order valence-corrected chi connectivity index (χ2v) is 13.0. The van der Waals surface area contributed by atoms with Crippen LogP contribution < -0.4 is 5.30 Å². The third kappa shape index (κ3) is 2.42. The molecule has 1 rings (SSSR count). The van der Waals surface area contributed by atoms with E-state index in [0.717, 1.165) is 5.30 Å². The fourth-order valence-corrected chi connectivity index (χ4v) is 2.56. The Morgan fingerprint density at radius 3 is 1.90 bits per heavy atom. The maximum atomic E-state index is 5.88. The SMILES string of the molecule is ClP(Cl)(=[Se])c1ccccc1. The molecule has 0 radical (unpaired) electrons. The Balaban J connectivity index is 3.09. The summed E-state index contributed by atoms with van der Waals surface area (Å²) in [7, 11) is 0. The van der Waals surface area contributed by atoms with Gasteiger partial charge in [-0.1, -0.05) is 0 Å². The molecule has 0 fully saturated rings. The van der Waals surface area contributed by atoms with E-state index in [1.54, 1.807) is 0 Å². The molecule has 0 bridgehead atoms. The van der Waals surface area contributed by atoms with E-state index < -0.39 is 4.21 Å². The summed E-state index contributed by atoms with van der Waals surface area (Å²) >= 11 is 14.5. The summed E-state index contributed by atoms with van der Waals surface area (Å²) in [6.45, 7) is 0. The van der Waals surface area contributed by atoms with Crippen LogP contribution >= 0.6 is 26.7 Å². The first-order valence-electron chi connectivity index (χ1n) is 2.65. The summed E-state index contributed by atoms with van der Waals surface area (Å²) in [5.74, 6) is 0. The third-order valence-electron chi connectivity index (χ3n) is 1.06. The van der Waals surface area contributed by atoms with Crippen molar-refractivity contribution in [3.05, 3.63) is 30.3 Å². The molecule has 0 aromatic heterocycles. The van der Waals surface area contributed by atoms with Gasteiger partial charge in [-0.3, -0.25) is 0 Å². The Hall–Kier alpha value is 0.749. The molecule has 1 aromatic rings. The number of benzene rings is 1. The molecule has 0 nitrogen and oxygen atoms in total. The molecule has 0 amide bonds. The maximum absolute atomic E-state index is 5.88. The van der Waals surface area contributed by atoms with Crippen LogP contribution in [0.2, 0.25) is 0 Å². The molecule has 0 spiro atoms. The van der Waals surface area contributed by atoms with Crippen LogP contribution in [0.5, 0.6) is 0 Å². The molecule has 0 aliphatic heterocycles. The summed E-state index contributed by atoms with van der Waals surface area (Å²) in [6.07, 6.45) is 0. The van der Waals surface area contributed by atoms with Gasteiger partial charge in [-0.05, 0) is 0 Å². The summed E-state index contributed by atoms with van der Waals surface area (Å²) < 4.78 is -1.95. The van der Waals surface area contributed by atoms with Crippen LogP contribution in [-0.2, 0) is 0 Å². The van der Waals surface area contributed by atoms with Crippen molar-refractivity contribution >= 4 is 47.1 Å². The number of halogens is 2. The Bertz CT molecular complexity index is 254. The molecule has 0 N–H and O–H groups in total. The van der Waals surface area contributed by atoms with Gasteiger partial charge >= 0.3 is 77.4 Å². The van der Waals surface area contributed by atoms with Gasteiger partial charge in [0.1, 0.15) is 0 Å². The molecule has 0 atom stereocenters. The molecule has 0 saturated heterocycles. The second-order valence-electron chi connectivity index (χ2n) is 1.80. The molecule has 0 saturated carbocycles. The second kappa shape index (κ2) is 3.43. The van der Waals surface area contributed by atoms with Gasteiger partial charge in [-0.25, -0.2) is 0 Å². The van der Waals surface area contributed by atoms with Gasteiger partial charge in [-0.2, -0.15) is 0 Å². The minimum absolute atomic E-state index is 0.985. The first kappa shape index (κ1) is 8.84. The van der Waals surface area contributed by atoms with Gasteiger partial charge in [0.25, 0.3) is 0 Å². The van der Waals surface area contributed by atoms with Crippen molar-refractivity contribution in [1.82, 2.24) is 0 Å². The van der Waals surface area contributed by atoms with Crippen LogP contribution in [0.4, 0.5) is 0 Å². The van der Waals surface area contributed by atoms with Crippen molar-refractivity contribution < 1.29 is 0 Å². The van der Waals surface area contributed by atoms with E-state index in [1.807, 2.05) is 30.3 Å². The molecule has 0 aliphatic carbocycles. The van der Waals surface area contributed by atoms with Crippen LogP contribution in [0.3, 0.4) is 0 Å². The molecule has 4 heteroatoms. The van der Waals surface area contributed by atoms with Crippen LogP contribution in [0.1, 0.15) is 0 Å². The Labute approximate surface area is 77.3 Å².